The Labute approximate surface area is 210 Å². The second kappa shape index (κ2) is 9.56. The predicted molar refractivity (Wildman–Crippen MR) is 130 cm³/mol. The number of thiophene rings is 1. The highest BCUT2D eigenvalue weighted by Crippen LogP contribution is 2.44. The van der Waals surface area contributed by atoms with E-state index in [2.05, 4.69) is 16.5 Å². The number of aryl methyl sites for hydroxylation is 1. The molecule has 1 N–H and O–H groups in total. The Morgan fingerprint density at radius 3 is 2.72 bits per heavy atom. The summed E-state index contributed by atoms with van der Waals surface area (Å²) in [6.07, 6.45) is 0.310. The van der Waals surface area contributed by atoms with Gasteiger partial charge in [-0.1, -0.05) is 30.3 Å². The van der Waals surface area contributed by atoms with E-state index in [1.807, 2.05) is 6.08 Å². The largest absolute Gasteiger partial charge is 0.435 e. The first kappa shape index (κ1) is 24.3. The van der Waals surface area contributed by atoms with Gasteiger partial charge in [0, 0.05) is 54.7 Å². The van der Waals surface area contributed by atoms with Crippen LogP contribution in [-0.2, 0) is 24.1 Å². The van der Waals surface area contributed by atoms with Crippen molar-refractivity contribution in [1.82, 2.24) is 20.0 Å². The first-order chi connectivity index (χ1) is 17.3. The number of carbonyl (C=O) groups is 1. The zero-order valence-corrected chi connectivity index (χ0v) is 20.4. The number of alkyl halides is 3. The summed E-state index contributed by atoms with van der Waals surface area (Å²) in [5.41, 5.74) is 1.07. The average molecular weight is 512 g/mol. The Bertz CT molecular complexity index is 1360. The average Bonchev–Trinajstić information content (AvgIpc) is 3.46. The monoisotopic (exact) mass is 511 g/mol. The van der Waals surface area contributed by atoms with E-state index in [1.54, 1.807) is 48.2 Å². The topological polar surface area (TPSA) is 74.0 Å². The van der Waals surface area contributed by atoms with E-state index < -0.39 is 11.9 Å². The van der Waals surface area contributed by atoms with E-state index in [1.165, 1.54) is 22.2 Å². The zero-order chi connectivity index (χ0) is 25.4. The van der Waals surface area contributed by atoms with Gasteiger partial charge in [0.15, 0.2) is 5.69 Å². The van der Waals surface area contributed by atoms with Crippen molar-refractivity contribution >= 4 is 17.2 Å². The fourth-order valence-corrected chi connectivity index (χ4v) is 5.75. The molecule has 1 aromatic carbocycles. The molecule has 6 nitrogen and oxygen atoms in total. The molecule has 0 bridgehead atoms. The van der Waals surface area contributed by atoms with Crippen LogP contribution in [0, 0.1) is 17.2 Å². The minimum Gasteiger partial charge on any atom is -0.333 e. The number of aromatic nitrogens is 2. The molecule has 10 heteroatoms. The van der Waals surface area contributed by atoms with Crippen LogP contribution in [-0.4, -0.2) is 40.2 Å². The molecule has 1 fully saturated rings. The molecule has 0 spiro atoms. The molecule has 2 aliphatic rings. The SMILES string of the molecule is CCn1cc(-c2ccccc2[C@@H]2CN(C(=O)/C=C/C3CNC3)Cc3sc(C#N)cc32)c(C(F)(F)F)n1. The fraction of sp³-hybridized carbons (Fsp3) is 0.346. The minimum absolute atomic E-state index is 0.0121. The van der Waals surface area contributed by atoms with Gasteiger partial charge in [-0.3, -0.25) is 9.48 Å². The van der Waals surface area contributed by atoms with Gasteiger partial charge in [0.05, 0.1) is 6.54 Å². The number of nitriles is 1. The van der Waals surface area contributed by atoms with Gasteiger partial charge in [0.2, 0.25) is 5.91 Å². The van der Waals surface area contributed by atoms with E-state index >= 15 is 0 Å². The number of hydrogen-bond donors (Lipinski definition) is 1. The number of halogens is 3. The number of carbonyl (C=O) groups excluding carboxylic acids is 1. The number of rotatable bonds is 5. The maximum absolute atomic E-state index is 13.9. The van der Waals surface area contributed by atoms with Gasteiger partial charge < -0.3 is 10.2 Å². The van der Waals surface area contributed by atoms with Crippen LogP contribution in [0.25, 0.3) is 11.1 Å². The molecule has 36 heavy (non-hydrogen) atoms. The Balaban J connectivity index is 1.58. The lowest BCUT2D eigenvalue weighted by Gasteiger charge is -2.33. The quantitative estimate of drug-likeness (QED) is 0.501. The summed E-state index contributed by atoms with van der Waals surface area (Å²) in [5, 5.41) is 16.5. The van der Waals surface area contributed by atoms with Crippen LogP contribution in [0.4, 0.5) is 13.2 Å². The van der Waals surface area contributed by atoms with E-state index in [0.717, 1.165) is 23.5 Å². The second-order valence-corrected chi connectivity index (χ2v) is 10.1. The molecule has 1 atom stereocenters. The van der Waals surface area contributed by atoms with E-state index in [-0.39, 0.29) is 17.4 Å². The van der Waals surface area contributed by atoms with Crippen LogP contribution in [0.5, 0.6) is 0 Å². The minimum atomic E-state index is -4.61. The maximum atomic E-state index is 13.9. The Hall–Kier alpha value is -3.42. The van der Waals surface area contributed by atoms with Crippen LogP contribution in [0.3, 0.4) is 0 Å². The molecule has 4 heterocycles. The van der Waals surface area contributed by atoms with Crippen molar-refractivity contribution in [3.8, 4) is 17.2 Å². The predicted octanol–water partition coefficient (Wildman–Crippen LogP) is 4.77. The van der Waals surface area contributed by atoms with E-state index in [4.69, 9.17) is 0 Å². The normalized spacial score (nSPS) is 18.2. The lowest BCUT2D eigenvalue weighted by Crippen LogP contribution is -2.41. The second-order valence-electron chi connectivity index (χ2n) is 8.98. The van der Waals surface area contributed by atoms with Crippen LogP contribution in [0.2, 0.25) is 0 Å². The van der Waals surface area contributed by atoms with Crippen molar-refractivity contribution in [2.45, 2.75) is 32.1 Å². The zero-order valence-electron chi connectivity index (χ0n) is 19.5. The molecular weight excluding hydrogens is 487 g/mol. The lowest BCUT2D eigenvalue weighted by atomic mass is 9.83. The molecule has 0 radical (unpaired) electrons. The third-order valence-corrected chi connectivity index (χ3v) is 7.72. The number of hydrogen-bond acceptors (Lipinski definition) is 5. The summed E-state index contributed by atoms with van der Waals surface area (Å²) < 4.78 is 43.1. The molecule has 0 unspecified atom stereocenters. The summed E-state index contributed by atoms with van der Waals surface area (Å²) in [6, 6.07) is 11.0. The molecule has 0 aliphatic carbocycles. The molecule has 1 amide bonds. The molecule has 0 saturated carbocycles. The smallest absolute Gasteiger partial charge is 0.333 e. The summed E-state index contributed by atoms with van der Waals surface area (Å²) >= 11 is 1.33. The van der Waals surface area contributed by atoms with Crippen molar-refractivity contribution < 1.29 is 18.0 Å². The molecule has 2 aliphatic heterocycles. The number of benzene rings is 1. The van der Waals surface area contributed by atoms with Gasteiger partial charge in [-0.05, 0) is 35.8 Å². The highest BCUT2D eigenvalue weighted by Gasteiger charge is 2.39. The third-order valence-electron chi connectivity index (χ3n) is 6.68. The molecule has 1 saturated heterocycles. The number of fused-ring (bicyclic) bond motifs is 1. The van der Waals surface area contributed by atoms with Gasteiger partial charge in [0.25, 0.3) is 0 Å². The van der Waals surface area contributed by atoms with Gasteiger partial charge in [0.1, 0.15) is 10.9 Å². The molecule has 3 aromatic rings. The summed E-state index contributed by atoms with van der Waals surface area (Å²) in [6.45, 7) is 4.40. The highest BCUT2D eigenvalue weighted by molar-refractivity contribution is 7.12. The first-order valence-corrected chi connectivity index (χ1v) is 12.5. The first-order valence-electron chi connectivity index (χ1n) is 11.7. The van der Waals surface area contributed by atoms with Crippen LogP contribution < -0.4 is 5.32 Å². The van der Waals surface area contributed by atoms with Crippen LogP contribution >= 0.6 is 11.3 Å². The fourth-order valence-electron chi connectivity index (χ4n) is 4.71. The molecule has 186 valence electrons. The maximum Gasteiger partial charge on any atom is 0.435 e. The number of nitrogens with one attached hydrogen (secondary N) is 1. The van der Waals surface area contributed by atoms with Crippen molar-refractivity contribution in [2.75, 3.05) is 19.6 Å². The van der Waals surface area contributed by atoms with Gasteiger partial charge in [-0.25, -0.2) is 0 Å². The third kappa shape index (κ3) is 4.56. The Morgan fingerprint density at radius 1 is 1.28 bits per heavy atom. The van der Waals surface area contributed by atoms with Crippen LogP contribution in [0.15, 0.2) is 48.7 Å². The summed E-state index contributed by atoms with van der Waals surface area (Å²) in [5.74, 6) is -0.192. The van der Waals surface area contributed by atoms with Crippen LogP contribution in [0.1, 0.15) is 39.4 Å². The van der Waals surface area contributed by atoms with Crippen molar-refractivity contribution in [1.29, 1.82) is 5.26 Å². The van der Waals surface area contributed by atoms with Crippen molar-refractivity contribution in [3.63, 3.8) is 0 Å². The standard InChI is InChI=1S/C26H24F3N5OS/c1-2-34-14-22(25(32-34)26(27,28)29)19-6-4-3-5-18(19)21-13-33(24(35)8-7-16-11-31-12-16)15-23-20(21)9-17(10-30)36-23/h3-9,14,16,21,31H,2,11-13,15H2,1H3/b8-7+/t21-/m0/s1. The van der Waals surface area contributed by atoms with Crippen molar-refractivity contribution in [3.05, 3.63) is 75.3 Å². The van der Waals surface area contributed by atoms with Crippen molar-refractivity contribution in [2.24, 2.45) is 5.92 Å². The molecule has 5 rings (SSSR count). The molecular formula is C26H24F3N5OS. The van der Waals surface area contributed by atoms with Gasteiger partial charge in [-0.2, -0.15) is 23.5 Å². The van der Waals surface area contributed by atoms with Gasteiger partial charge >= 0.3 is 6.18 Å². The Kier molecular flexibility index (Phi) is 6.45. The number of nitrogens with zero attached hydrogens (tertiary/aromatic N) is 4. The summed E-state index contributed by atoms with van der Waals surface area (Å²) in [7, 11) is 0. The highest BCUT2D eigenvalue weighted by atomic mass is 32.1. The number of amides is 1. The van der Waals surface area contributed by atoms with Gasteiger partial charge in [-0.15, -0.1) is 11.3 Å². The van der Waals surface area contributed by atoms with E-state index in [9.17, 15) is 23.2 Å². The summed E-state index contributed by atoms with van der Waals surface area (Å²) in [4.78, 5) is 16.2. The van der Waals surface area contributed by atoms with E-state index in [0.29, 0.717) is 41.6 Å². The Morgan fingerprint density at radius 2 is 2.06 bits per heavy atom. The molecule has 2 aromatic heterocycles. The lowest BCUT2D eigenvalue weighted by molar-refractivity contribution is -0.141.